The van der Waals surface area contributed by atoms with Gasteiger partial charge < -0.3 is 14.4 Å². The third-order valence-electron chi connectivity index (χ3n) is 2.69. The molecule has 0 saturated carbocycles. The minimum atomic E-state index is -0.210. The fourth-order valence-electron chi connectivity index (χ4n) is 1.71. The molecule has 1 aromatic carbocycles. The first-order chi connectivity index (χ1) is 7.70. The standard InChI is InChI=1S/C13H17NO2/c1-14(2)11-6-4-10(5-7-11)12-8-9-13(15-3)16-12/h4-9,12-13H,1-3H3/t12-,13-/m0/s1. The van der Waals surface area contributed by atoms with Crippen LogP contribution in [-0.4, -0.2) is 27.5 Å². The first kappa shape index (κ1) is 11.2. The molecule has 1 aliphatic heterocycles. The lowest BCUT2D eigenvalue weighted by molar-refractivity contribution is -0.0991. The minimum Gasteiger partial charge on any atom is -0.378 e. The number of hydrogen-bond acceptors (Lipinski definition) is 3. The summed E-state index contributed by atoms with van der Waals surface area (Å²) in [5, 5.41) is 0. The molecule has 0 N–H and O–H groups in total. The van der Waals surface area contributed by atoms with Crippen LogP contribution >= 0.6 is 0 Å². The van der Waals surface area contributed by atoms with Crippen LogP contribution in [0.15, 0.2) is 36.4 Å². The molecule has 0 radical (unpaired) electrons. The summed E-state index contributed by atoms with van der Waals surface area (Å²) in [4.78, 5) is 2.08. The molecule has 0 fully saturated rings. The van der Waals surface area contributed by atoms with Crippen molar-refractivity contribution in [1.29, 1.82) is 0 Å². The maximum atomic E-state index is 5.65. The second kappa shape index (κ2) is 4.68. The van der Waals surface area contributed by atoms with E-state index in [4.69, 9.17) is 9.47 Å². The monoisotopic (exact) mass is 219 g/mol. The zero-order chi connectivity index (χ0) is 11.5. The van der Waals surface area contributed by atoms with E-state index in [0.717, 1.165) is 5.56 Å². The quantitative estimate of drug-likeness (QED) is 0.728. The molecule has 0 amide bonds. The van der Waals surface area contributed by atoms with Gasteiger partial charge in [-0.2, -0.15) is 0 Å². The van der Waals surface area contributed by atoms with E-state index in [1.54, 1.807) is 7.11 Å². The van der Waals surface area contributed by atoms with Crippen molar-refractivity contribution in [2.45, 2.75) is 12.4 Å². The summed E-state index contributed by atoms with van der Waals surface area (Å²) in [6.45, 7) is 0. The van der Waals surface area contributed by atoms with Crippen molar-refractivity contribution in [1.82, 2.24) is 0 Å². The first-order valence-corrected chi connectivity index (χ1v) is 5.34. The molecule has 1 heterocycles. The smallest absolute Gasteiger partial charge is 0.177 e. The topological polar surface area (TPSA) is 21.7 Å². The predicted molar refractivity (Wildman–Crippen MR) is 64.5 cm³/mol. The summed E-state index contributed by atoms with van der Waals surface area (Å²) in [6, 6.07) is 8.35. The van der Waals surface area contributed by atoms with Gasteiger partial charge in [0.2, 0.25) is 0 Å². The Morgan fingerprint density at radius 2 is 1.81 bits per heavy atom. The van der Waals surface area contributed by atoms with E-state index < -0.39 is 0 Å². The average Bonchev–Trinajstić information content (AvgIpc) is 2.77. The Kier molecular flexibility index (Phi) is 3.27. The molecule has 16 heavy (non-hydrogen) atoms. The molecule has 2 rings (SSSR count). The van der Waals surface area contributed by atoms with Gasteiger partial charge in [0, 0.05) is 26.9 Å². The van der Waals surface area contributed by atoms with Crippen molar-refractivity contribution >= 4 is 5.69 Å². The number of anilines is 1. The molecule has 0 aliphatic carbocycles. The van der Waals surface area contributed by atoms with Crippen molar-refractivity contribution in [3.05, 3.63) is 42.0 Å². The van der Waals surface area contributed by atoms with Crippen LogP contribution in [0.5, 0.6) is 0 Å². The summed E-state index contributed by atoms with van der Waals surface area (Å²) in [6.07, 6.45) is 3.77. The highest BCUT2D eigenvalue weighted by atomic mass is 16.7. The van der Waals surface area contributed by atoms with Crippen molar-refractivity contribution in [2.24, 2.45) is 0 Å². The summed E-state index contributed by atoms with van der Waals surface area (Å²) in [7, 11) is 5.70. The van der Waals surface area contributed by atoms with Gasteiger partial charge in [-0.1, -0.05) is 18.2 Å². The van der Waals surface area contributed by atoms with Crippen LogP contribution in [0.3, 0.4) is 0 Å². The Hall–Kier alpha value is -1.32. The van der Waals surface area contributed by atoms with E-state index in [1.165, 1.54) is 5.69 Å². The normalized spacial score (nSPS) is 23.7. The number of ether oxygens (including phenoxy) is 2. The van der Waals surface area contributed by atoms with Crippen LogP contribution in [0.1, 0.15) is 11.7 Å². The predicted octanol–water partition coefficient (Wildman–Crippen LogP) is 2.35. The molecule has 1 aliphatic rings. The highest BCUT2D eigenvalue weighted by Crippen LogP contribution is 2.27. The third kappa shape index (κ3) is 2.26. The van der Waals surface area contributed by atoms with Crippen LogP contribution in [0.25, 0.3) is 0 Å². The zero-order valence-corrected chi connectivity index (χ0v) is 9.88. The summed E-state index contributed by atoms with van der Waals surface area (Å²) >= 11 is 0. The molecule has 0 bridgehead atoms. The summed E-state index contributed by atoms with van der Waals surface area (Å²) < 4.78 is 10.8. The highest BCUT2D eigenvalue weighted by molar-refractivity contribution is 5.46. The highest BCUT2D eigenvalue weighted by Gasteiger charge is 2.19. The Morgan fingerprint density at radius 1 is 1.12 bits per heavy atom. The van der Waals surface area contributed by atoms with Crippen molar-refractivity contribution in [3.63, 3.8) is 0 Å². The van der Waals surface area contributed by atoms with Gasteiger partial charge in [-0.25, -0.2) is 0 Å². The van der Waals surface area contributed by atoms with Crippen LogP contribution in [0.2, 0.25) is 0 Å². The number of methoxy groups -OCH3 is 1. The zero-order valence-electron chi connectivity index (χ0n) is 9.88. The molecule has 0 aromatic heterocycles. The van der Waals surface area contributed by atoms with E-state index in [1.807, 2.05) is 26.2 Å². The van der Waals surface area contributed by atoms with Crippen LogP contribution in [0.4, 0.5) is 5.69 Å². The van der Waals surface area contributed by atoms with Gasteiger partial charge in [-0.3, -0.25) is 0 Å². The van der Waals surface area contributed by atoms with Crippen molar-refractivity contribution in [2.75, 3.05) is 26.1 Å². The van der Waals surface area contributed by atoms with E-state index in [-0.39, 0.29) is 12.4 Å². The first-order valence-electron chi connectivity index (χ1n) is 5.34. The lowest BCUT2D eigenvalue weighted by Gasteiger charge is -2.16. The lowest BCUT2D eigenvalue weighted by Crippen LogP contribution is -2.10. The number of benzene rings is 1. The average molecular weight is 219 g/mol. The van der Waals surface area contributed by atoms with E-state index in [9.17, 15) is 0 Å². The largest absolute Gasteiger partial charge is 0.378 e. The second-order valence-electron chi connectivity index (χ2n) is 4.03. The number of nitrogens with zero attached hydrogens (tertiary/aromatic N) is 1. The van der Waals surface area contributed by atoms with Crippen molar-refractivity contribution < 1.29 is 9.47 Å². The van der Waals surface area contributed by atoms with E-state index in [0.29, 0.717) is 0 Å². The summed E-state index contributed by atoms with van der Waals surface area (Å²) in [5.74, 6) is 0. The molecule has 2 atom stereocenters. The lowest BCUT2D eigenvalue weighted by atomic mass is 10.1. The Bertz CT molecular complexity index is 370. The second-order valence-corrected chi connectivity index (χ2v) is 4.03. The SMILES string of the molecule is CO[C@@H]1C=C[C@@H](c2ccc(N(C)C)cc2)O1. The van der Waals surface area contributed by atoms with Gasteiger partial charge in [0.25, 0.3) is 0 Å². The molecule has 0 unspecified atom stereocenters. The molecule has 0 saturated heterocycles. The van der Waals surface area contributed by atoms with Crippen molar-refractivity contribution in [3.8, 4) is 0 Å². The van der Waals surface area contributed by atoms with Crippen LogP contribution in [-0.2, 0) is 9.47 Å². The van der Waals surface area contributed by atoms with Gasteiger partial charge in [0.15, 0.2) is 6.29 Å². The molecule has 3 nitrogen and oxygen atoms in total. The third-order valence-corrected chi connectivity index (χ3v) is 2.69. The molecule has 1 aromatic rings. The molecule has 86 valence electrons. The Balaban J connectivity index is 2.09. The fourth-order valence-corrected chi connectivity index (χ4v) is 1.71. The Morgan fingerprint density at radius 3 is 2.31 bits per heavy atom. The molecular weight excluding hydrogens is 202 g/mol. The Labute approximate surface area is 96.3 Å². The van der Waals surface area contributed by atoms with Crippen LogP contribution in [0, 0.1) is 0 Å². The summed E-state index contributed by atoms with van der Waals surface area (Å²) in [5.41, 5.74) is 2.34. The fraction of sp³-hybridized carbons (Fsp3) is 0.385. The maximum absolute atomic E-state index is 5.65. The van der Waals surface area contributed by atoms with Gasteiger partial charge in [-0.05, 0) is 23.8 Å². The molecule has 0 spiro atoms. The van der Waals surface area contributed by atoms with Crippen LogP contribution < -0.4 is 4.90 Å². The van der Waals surface area contributed by atoms with Gasteiger partial charge in [0.05, 0.1) is 0 Å². The van der Waals surface area contributed by atoms with E-state index >= 15 is 0 Å². The number of rotatable bonds is 3. The van der Waals surface area contributed by atoms with Gasteiger partial charge in [0.1, 0.15) is 6.10 Å². The number of hydrogen-bond donors (Lipinski definition) is 0. The molecule has 3 heteroatoms. The van der Waals surface area contributed by atoms with Gasteiger partial charge in [-0.15, -0.1) is 0 Å². The molecular formula is C13H17NO2. The maximum Gasteiger partial charge on any atom is 0.177 e. The minimum absolute atomic E-state index is 0.0150. The van der Waals surface area contributed by atoms with E-state index in [2.05, 4.69) is 29.2 Å². The van der Waals surface area contributed by atoms with Gasteiger partial charge >= 0.3 is 0 Å².